The lowest BCUT2D eigenvalue weighted by Gasteiger charge is -2.38. The number of carbonyl (C=O) groups excluding carboxylic acids is 1. The largest absolute Gasteiger partial charge is 0.454 e. The Balaban J connectivity index is 1.28. The van der Waals surface area contributed by atoms with Gasteiger partial charge >= 0.3 is 0 Å². The molecule has 41 heavy (non-hydrogen) atoms. The summed E-state index contributed by atoms with van der Waals surface area (Å²) in [6, 6.07) is 13.7. The van der Waals surface area contributed by atoms with Crippen molar-refractivity contribution in [2.45, 2.75) is 38.1 Å². The smallest absolute Gasteiger partial charge is 0.274 e. The zero-order valence-corrected chi connectivity index (χ0v) is 22.9. The minimum absolute atomic E-state index is 0.00178. The van der Waals surface area contributed by atoms with Crippen molar-refractivity contribution in [3.05, 3.63) is 88.6 Å². The van der Waals surface area contributed by atoms with E-state index in [1.165, 1.54) is 6.07 Å². The van der Waals surface area contributed by atoms with E-state index in [4.69, 9.17) is 10.5 Å². The molecule has 2 aromatic heterocycles. The molecule has 6 rings (SSSR count). The number of benzene rings is 2. The summed E-state index contributed by atoms with van der Waals surface area (Å²) in [5.74, 6) is 0.324. The summed E-state index contributed by atoms with van der Waals surface area (Å²) in [4.78, 5) is 30.4. The second-order valence-corrected chi connectivity index (χ2v) is 10.6. The Kier molecular flexibility index (Phi) is 7.32. The Bertz CT molecular complexity index is 1660. The maximum Gasteiger partial charge on any atom is 0.274 e. The van der Waals surface area contributed by atoms with E-state index < -0.39 is 5.82 Å². The number of piperidine rings is 1. The third-order valence-corrected chi connectivity index (χ3v) is 8.18. The second-order valence-electron chi connectivity index (χ2n) is 10.6. The first kappa shape index (κ1) is 26.8. The number of nitrogens with zero attached hydrogens (tertiary/aromatic N) is 4. The number of aromatic amines is 1. The van der Waals surface area contributed by atoms with E-state index in [-0.39, 0.29) is 29.0 Å². The molecule has 1 amide bonds. The van der Waals surface area contributed by atoms with E-state index in [1.807, 2.05) is 33.9 Å². The average Bonchev–Trinajstić information content (AvgIpc) is 3.39. The summed E-state index contributed by atoms with van der Waals surface area (Å²) in [7, 11) is 0. The molecular formula is C31H33FN6O3. The zero-order chi connectivity index (χ0) is 28.5. The molecule has 2 fully saturated rings. The van der Waals surface area contributed by atoms with Crippen molar-refractivity contribution >= 4 is 22.6 Å². The first-order valence-corrected chi connectivity index (χ1v) is 14.1. The molecule has 2 aliphatic rings. The highest BCUT2D eigenvalue weighted by atomic mass is 19.1. The molecule has 2 unspecified atom stereocenters. The molecule has 2 aromatic carbocycles. The van der Waals surface area contributed by atoms with Gasteiger partial charge in [-0.25, -0.2) is 9.49 Å². The quantitative estimate of drug-likeness (QED) is 0.323. The van der Waals surface area contributed by atoms with Crippen molar-refractivity contribution in [2.24, 2.45) is 0 Å². The first-order chi connectivity index (χ1) is 19.9. The third kappa shape index (κ3) is 5.22. The molecule has 0 bridgehead atoms. The summed E-state index contributed by atoms with van der Waals surface area (Å²) in [5.41, 5.74) is 8.06. The number of nitrogens with two attached hydrogens (primary N) is 1. The van der Waals surface area contributed by atoms with Gasteiger partial charge in [0.2, 0.25) is 5.91 Å². The number of hydrogen-bond donors (Lipinski definition) is 2. The molecule has 4 aromatic rings. The summed E-state index contributed by atoms with van der Waals surface area (Å²) in [6.07, 6.45) is 8.40. The van der Waals surface area contributed by atoms with Crippen LogP contribution in [0.15, 0.2) is 71.7 Å². The molecule has 0 radical (unpaired) electrons. The van der Waals surface area contributed by atoms with Gasteiger partial charge in [-0.05, 0) is 67.8 Å². The standard InChI is InChI=1S/C31H33FN6O3/c1-2-36-17-15-21(36)11-14-27(39)37-16-5-6-20(18-37)24-19-38(29-28(24)31(40)35-34-30(29)33)22-9-12-23(13-10-22)41-26-8-4-3-7-25(26)32/h3-4,7-14,19-21H,2,5-6,15-18H2,1H3,(H2,33,34)(H,35,40)/b14-11+. The number of anilines is 1. The fourth-order valence-corrected chi connectivity index (χ4v) is 5.88. The molecule has 0 saturated carbocycles. The molecular weight excluding hydrogens is 523 g/mol. The van der Waals surface area contributed by atoms with Gasteiger partial charge in [-0.1, -0.05) is 25.1 Å². The van der Waals surface area contributed by atoms with Crippen LogP contribution in [0.4, 0.5) is 10.2 Å². The monoisotopic (exact) mass is 556 g/mol. The topological polar surface area (TPSA) is 109 Å². The lowest BCUT2D eigenvalue weighted by atomic mass is 9.90. The molecule has 2 saturated heterocycles. The number of amides is 1. The molecule has 9 nitrogen and oxygen atoms in total. The Morgan fingerprint density at radius 3 is 2.71 bits per heavy atom. The van der Waals surface area contributed by atoms with E-state index in [2.05, 4.69) is 22.0 Å². The molecule has 212 valence electrons. The van der Waals surface area contributed by atoms with Crippen LogP contribution in [0.25, 0.3) is 16.6 Å². The van der Waals surface area contributed by atoms with E-state index in [1.54, 1.807) is 36.4 Å². The van der Waals surface area contributed by atoms with Gasteiger partial charge < -0.3 is 19.9 Å². The Labute approximate surface area is 237 Å². The SMILES string of the molecule is CCN1CCC1/C=C/C(=O)N1CCCC(c2cn(-c3ccc(Oc4ccccc4F)cc3)c3c(N)n[nH]c(=O)c23)C1. The van der Waals surface area contributed by atoms with Gasteiger partial charge in [0.15, 0.2) is 17.4 Å². The van der Waals surface area contributed by atoms with Crippen LogP contribution < -0.4 is 16.0 Å². The van der Waals surface area contributed by atoms with Crippen molar-refractivity contribution in [3.63, 3.8) is 0 Å². The highest BCUT2D eigenvalue weighted by molar-refractivity contribution is 5.92. The van der Waals surface area contributed by atoms with Crippen LogP contribution in [-0.2, 0) is 4.79 Å². The number of aromatic nitrogens is 3. The van der Waals surface area contributed by atoms with Crippen LogP contribution in [0.3, 0.4) is 0 Å². The van der Waals surface area contributed by atoms with Gasteiger partial charge in [0, 0.05) is 49.6 Å². The maximum atomic E-state index is 14.0. The fourth-order valence-electron chi connectivity index (χ4n) is 5.88. The number of nitrogen functional groups attached to an aromatic ring is 1. The van der Waals surface area contributed by atoms with E-state index in [9.17, 15) is 14.0 Å². The predicted octanol–water partition coefficient (Wildman–Crippen LogP) is 4.58. The number of nitrogens with one attached hydrogen (secondary N) is 1. The summed E-state index contributed by atoms with van der Waals surface area (Å²) < 4.78 is 21.6. The number of carbonyl (C=O) groups is 1. The first-order valence-electron chi connectivity index (χ1n) is 14.1. The third-order valence-electron chi connectivity index (χ3n) is 8.18. The number of para-hydroxylation sites is 1. The van der Waals surface area contributed by atoms with Crippen LogP contribution in [0, 0.1) is 5.82 Å². The van der Waals surface area contributed by atoms with Crippen LogP contribution in [-0.4, -0.2) is 62.7 Å². The molecule has 4 heterocycles. The number of likely N-dealkylation sites (tertiary alicyclic amines) is 2. The van der Waals surface area contributed by atoms with E-state index in [0.717, 1.165) is 43.6 Å². The minimum atomic E-state index is -0.447. The van der Waals surface area contributed by atoms with Gasteiger partial charge in [0.25, 0.3) is 5.56 Å². The van der Waals surface area contributed by atoms with Crippen molar-refractivity contribution < 1.29 is 13.9 Å². The highest BCUT2D eigenvalue weighted by Gasteiger charge is 2.29. The molecule has 3 N–H and O–H groups in total. The number of fused-ring (bicyclic) bond motifs is 1. The van der Waals surface area contributed by atoms with E-state index >= 15 is 0 Å². The van der Waals surface area contributed by atoms with Crippen molar-refractivity contribution in [3.8, 4) is 17.2 Å². The van der Waals surface area contributed by atoms with Gasteiger partial charge in [-0.3, -0.25) is 14.5 Å². The lowest BCUT2D eigenvalue weighted by molar-refractivity contribution is -0.127. The number of H-pyrrole nitrogens is 1. The van der Waals surface area contributed by atoms with Crippen LogP contribution >= 0.6 is 0 Å². The van der Waals surface area contributed by atoms with Gasteiger partial charge in [-0.15, -0.1) is 0 Å². The molecule has 0 aliphatic carbocycles. The lowest BCUT2D eigenvalue weighted by Crippen LogP contribution is -2.46. The number of likely N-dealkylation sites (N-methyl/N-ethyl adjacent to an activating group) is 1. The van der Waals surface area contributed by atoms with Crippen LogP contribution in [0.2, 0.25) is 0 Å². The number of ether oxygens (including phenoxy) is 1. The number of hydrogen-bond acceptors (Lipinski definition) is 6. The highest BCUT2D eigenvalue weighted by Crippen LogP contribution is 2.35. The number of halogens is 1. The van der Waals surface area contributed by atoms with Gasteiger partial charge in [0.05, 0.1) is 5.39 Å². The second kappa shape index (κ2) is 11.2. The van der Waals surface area contributed by atoms with Crippen molar-refractivity contribution in [1.29, 1.82) is 0 Å². The molecule has 2 aliphatic heterocycles. The summed E-state index contributed by atoms with van der Waals surface area (Å²) in [6.45, 7) is 5.38. The average molecular weight is 557 g/mol. The van der Waals surface area contributed by atoms with Crippen molar-refractivity contribution in [1.82, 2.24) is 24.6 Å². The predicted molar refractivity (Wildman–Crippen MR) is 156 cm³/mol. The number of rotatable bonds is 7. The molecule has 2 atom stereocenters. The Hall–Kier alpha value is -4.44. The summed E-state index contributed by atoms with van der Waals surface area (Å²) in [5, 5.41) is 7.02. The molecule has 0 spiro atoms. The maximum absolute atomic E-state index is 14.0. The van der Waals surface area contributed by atoms with Gasteiger partial charge in [-0.2, -0.15) is 5.10 Å². The zero-order valence-electron chi connectivity index (χ0n) is 22.9. The Morgan fingerprint density at radius 2 is 1.98 bits per heavy atom. The van der Waals surface area contributed by atoms with Crippen LogP contribution in [0.5, 0.6) is 11.5 Å². The summed E-state index contributed by atoms with van der Waals surface area (Å²) >= 11 is 0. The normalized spacial score (nSPS) is 19.5. The van der Waals surface area contributed by atoms with Crippen LogP contribution in [0.1, 0.15) is 37.7 Å². The van der Waals surface area contributed by atoms with Gasteiger partial charge in [0.1, 0.15) is 11.3 Å². The minimum Gasteiger partial charge on any atom is -0.454 e. The molecule has 10 heteroatoms. The van der Waals surface area contributed by atoms with Crippen molar-refractivity contribution in [2.75, 3.05) is 31.9 Å². The fraction of sp³-hybridized carbons (Fsp3) is 0.323. The van der Waals surface area contributed by atoms with E-state index in [0.29, 0.717) is 35.8 Å². The Morgan fingerprint density at radius 1 is 1.17 bits per heavy atom.